The summed E-state index contributed by atoms with van der Waals surface area (Å²) < 4.78 is 14.9. The van der Waals surface area contributed by atoms with Gasteiger partial charge in [0.25, 0.3) is 0 Å². The summed E-state index contributed by atoms with van der Waals surface area (Å²) in [6.45, 7) is 0. The first-order valence-corrected chi connectivity index (χ1v) is 15.3. The molecule has 0 saturated heterocycles. The van der Waals surface area contributed by atoms with Crippen LogP contribution in [0.25, 0.3) is 0 Å². The van der Waals surface area contributed by atoms with Gasteiger partial charge in [-0.05, 0) is 58.7 Å². The average Bonchev–Trinajstić information content (AvgIpc) is 3.05. The number of benzene rings is 6. The van der Waals surface area contributed by atoms with Gasteiger partial charge in [0.05, 0.1) is 11.1 Å². The van der Waals surface area contributed by atoms with Crippen LogP contribution in [0.5, 0.6) is 5.75 Å². The Hall–Kier alpha value is -4.85. The highest BCUT2D eigenvalue weighted by atomic mass is 31.2. The molecular formula is C37H30NO2P. The van der Waals surface area contributed by atoms with E-state index in [2.05, 4.69) is 77.9 Å². The van der Waals surface area contributed by atoms with Crippen LogP contribution in [0.15, 0.2) is 170 Å². The Balaban J connectivity index is 1.60. The van der Waals surface area contributed by atoms with E-state index < -0.39 is 12.7 Å². The van der Waals surface area contributed by atoms with Gasteiger partial charge in [0.2, 0.25) is 7.29 Å². The lowest BCUT2D eigenvalue weighted by Gasteiger charge is -2.37. The van der Waals surface area contributed by atoms with Gasteiger partial charge in [-0.15, -0.1) is 0 Å². The van der Waals surface area contributed by atoms with Crippen molar-refractivity contribution in [3.8, 4) is 5.75 Å². The molecule has 0 spiro atoms. The predicted octanol–water partition coefficient (Wildman–Crippen LogP) is 8.12. The van der Waals surface area contributed by atoms with Gasteiger partial charge in [0.1, 0.15) is 5.75 Å². The summed E-state index contributed by atoms with van der Waals surface area (Å²) in [6, 6.07) is 55.6. The Morgan fingerprint density at radius 1 is 0.463 bits per heavy atom. The summed E-state index contributed by atoms with van der Waals surface area (Å²) in [5, 5.41) is 15.8. The van der Waals surface area contributed by atoms with Gasteiger partial charge in [-0.3, -0.25) is 4.57 Å². The van der Waals surface area contributed by atoms with Crippen molar-refractivity contribution >= 4 is 23.6 Å². The van der Waals surface area contributed by atoms with Gasteiger partial charge in [-0.25, -0.2) is 0 Å². The first-order chi connectivity index (χ1) is 20.1. The molecule has 41 heavy (non-hydrogen) atoms. The van der Waals surface area contributed by atoms with Gasteiger partial charge in [0.15, 0.2) is 0 Å². The van der Waals surface area contributed by atoms with E-state index in [9.17, 15) is 9.67 Å². The summed E-state index contributed by atoms with van der Waals surface area (Å²) in [4.78, 5) is 0. The fourth-order valence-electron chi connectivity index (χ4n) is 5.65. The van der Waals surface area contributed by atoms with Crippen LogP contribution in [0, 0.1) is 0 Å². The second kappa shape index (κ2) is 11.3. The summed E-state index contributed by atoms with van der Waals surface area (Å²) in [5.74, 6) is 0.0314. The number of phenols is 1. The van der Waals surface area contributed by atoms with Gasteiger partial charge >= 0.3 is 0 Å². The second-order valence-electron chi connectivity index (χ2n) is 9.97. The minimum absolute atomic E-state index is 0.0314. The standard InChI is InChI=1S/C37H30NO2P/c39-36-27-26-32(28-35(36)38-41(40,33-22-12-4-13-23-33)34-24-14-5-15-25-34)37(29-16-6-1-7-17-29,30-18-8-2-9-19-30)31-20-10-3-11-21-31/h1-28,39H,(H,38,40). The second-order valence-corrected chi connectivity index (χ2v) is 12.4. The molecule has 0 unspecified atom stereocenters. The first kappa shape index (κ1) is 26.4. The van der Waals surface area contributed by atoms with Crippen molar-refractivity contribution in [2.24, 2.45) is 0 Å². The molecule has 0 aliphatic heterocycles. The molecule has 0 aliphatic carbocycles. The number of hydrogen-bond donors (Lipinski definition) is 2. The molecule has 3 nitrogen and oxygen atoms in total. The third kappa shape index (κ3) is 4.86. The first-order valence-electron chi connectivity index (χ1n) is 13.6. The lowest BCUT2D eigenvalue weighted by Crippen LogP contribution is -2.31. The molecule has 200 valence electrons. The van der Waals surface area contributed by atoms with Gasteiger partial charge < -0.3 is 10.2 Å². The van der Waals surface area contributed by atoms with E-state index in [1.807, 2.05) is 91.0 Å². The van der Waals surface area contributed by atoms with Crippen LogP contribution >= 0.6 is 7.29 Å². The summed E-state index contributed by atoms with van der Waals surface area (Å²) in [5.41, 5.74) is 3.91. The van der Waals surface area contributed by atoms with Crippen molar-refractivity contribution in [2.45, 2.75) is 5.41 Å². The van der Waals surface area contributed by atoms with E-state index in [1.165, 1.54) is 0 Å². The van der Waals surface area contributed by atoms with Crippen LogP contribution in [-0.4, -0.2) is 5.11 Å². The van der Waals surface area contributed by atoms with Crippen molar-refractivity contribution in [2.75, 3.05) is 5.09 Å². The fourth-order valence-corrected chi connectivity index (χ4v) is 7.91. The lowest BCUT2D eigenvalue weighted by molar-refractivity contribution is 0.477. The molecule has 6 rings (SSSR count). The molecule has 0 amide bonds. The highest BCUT2D eigenvalue weighted by molar-refractivity contribution is 7.80. The van der Waals surface area contributed by atoms with Crippen molar-refractivity contribution in [3.05, 3.63) is 192 Å². The Kier molecular flexibility index (Phi) is 7.29. The zero-order chi connectivity index (χ0) is 28.1. The maximum absolute atomic E-state index is 14.9. The van der Waals surface area contributed by atoms with Crippen molar-refractivity contribution < 1.29 is 9.67 Å². The quantitative estimate of drug-likeness (QED) is 0.114. The van der Waals surface area contributed by atoms with E-state index >= 15 is 0 Å². The molecule has 0 fully saturated rings. The van der Waals surface area contributed by atoms with Crippen LogP contribution in [0.3, 0.4) is 0 Å². The Labute approximate surface area is 241 Å². The molecular weight excluding hydrogens is 521 g/mol. The minimum atomic E-state index is -3.37. The van der Waals surface area contributed by atoms with E-state index in [4.69, 9.17) is 0 Å². The predicted molar refractivity (Wildman–Crippen MR) is 170 cm³/mol. The number of rotatable bonds is 8. The topological polar surface area (TPSA) is 49.3 Å². The summed E-state index contributed by atoms with van der Waals surface area (Å²) in [7, 11) is -3.37. The van der Waals surface area contributed by atoms with Gasteiger partial charge in [-0.1, -0.05) is 133 Å². The van der Waals surface area contributed by atoms with Crippen LogP contribution in [0.1, 0.15) is 22.3 Å². The third-order valence-electron chi connectivity index (χ3n) is 7.57. The number of anilines is 1. The minimum Gasteiger partial charge on any atom is -0.506 e. The molecule has 0 radical (unpaired) electrons. The van der Waals surface area contributed by atoms with Crippen molar-refractivity contribution in [1.29, 1.82) is 0 Å². The normalized spacial score (nSPS) is 11.6. The molecule has 2 N–H and O–H groups in total. The average molecular weight is 552 g/mol. The van der Waals surface area contributed by atoms with Crippen molar-refractivity contribution in [1.82, 2.24) is 0 Å². The smallest absolute Gasteiger partial charge is 0.227 e. The highest BCUT2D eigenvalue weighted by Gasteiger charge is 2.39. The Morgan fingerprint density at radius 2 is 0.829 bits per heavy atom. The molecule has 4 heteroatoms. The van der Waals surface area contributed by atoms with Crippen LogP contribution in [0.4, 0.5) is 5.69 Å². The van der Waals surface area contributed by atoms with Crippen LogP contribution in [0.2, 0.25) is 0 Å². The number of aromatic hydroxyl groups is 1. The highest BCUT2D eigenvalue weighted by Crippen LogP contribution is 2.49. The Morgan fingerprint density at radius 3 is 1.22 bits per heavy atom. The zero-order valence-corrected chi connectivity index (χ0v) is 23.4. The number of phenolic OH excluding ortho intramolecular Hbond substituents is 1. The molecule has 6 aromatic carbocycles. The van der Waals surface area contributed by atoms with Crippen LogP contribution < -0.4 is 15.7 Å². The van der Waals surface area contributed by atoms with E-state index in [0.29, 0.717) is 16.3 Å². The van der Waals surface area contributed by atoms with Gasteiger partial charge in [0, 0.05) is 10.6 Å². The summed E-state index contributed by atoms with van der Waals surface area (Å²) in [6.07, 6.45) is 0. The molecule has 6 aromatic rings. The molecule has 0 saturated carbocycles. The van der Waals surface area contributed by atoms with Gasteiger partial charge in [-0.2, -0.15) is 0 Å². The lowest BCUT2D eigenvalue weighted by atomic mass is 9.65. The third-order valence-corrected chi connectivity index (χ3v) is 10.2. The van der Waals surface area contributed by atoms with E-state index in [-0.39, 0.29) is 5.75 Å². The van der Waals surface area contributed by atoms with Crippen LogP contribution in [-0.2, 0) is 9.98 Å². The maximum Gasteiger partial charge on any atom is 0.227 e. The van der Waals surface area contributed by atoms with E-state index in [1.54, 1.807) is 6.07 Å². The fraction of sp³-hybridized carbons (Fsp3) is 0.0270. The summed E-state index contributed by atoms with van der Waals surface area (Å²) >= 11 is 0. The molecule has 0 atom stereocenters. The van der Waals surface area contributed by atoms with E-state index in [0.717, 1.165) is 22.3 Å². The molecule has 0 heterocycles. The molecule has 0 bridgehead atoms. The Bertz CT molecular complexity index is 1640. The monoisotopic (exact) mass is 551 g/mol. The SMILES string of the molecule is O=P(Nc1cc(C(c2ccccc2)(c2ccccc2)c2ccccc2)ccc1O)(c1ccccc1)c1ccccc1. The molecule has 0 aromatic heterocycles. The maximum atomic E-state index is 14.9. The largest absolute Gasteiger partial charge is 0.506 e. The number of nitrogens with one attached hydrogen (secondary N) is 1. The number of hydrogen-bond acceptors (Lipinski definition) is 2. The molecule has 0 aliphatic rings. The zero-order valence-electron chi connectivity index (χ0n) is 22.5. The van der Waals surface area contributed by atoms with Crippen molar-refractivity contribution in [3.63, 3.8) is 0 Å².